The summed E-state index contributed by atoms with van der Waals surface area (Å²) < 4.78 is 0. The lowest BCUT2D eigenvalue weighted by Gasteiger charge is -2.13. The molecule has 0 saturated heterocycles. The van der Waals surface area contributed by atoms with Gasteiger partial charge in [0.2, 0.25) is 5.91 Å². The number of benzene rings is 1. The SMILES string of the molecule is CC(C)Cc1ccc(C(C)C(=O)NC2CC2)cc1. The quantitative estimate of drug-likeness (QED) is 0.847. The number of nitrogens with one attached hydrogen (secondary N) is 1. The largest absolute Gasteiger partial charge is 0.353 e. The fourth-order valence-corrected chi connectivity index (χ4v) is 2.12. The molecule has 1 aliphatic rings. The predicted octanol–water partition coefficient (Wildman–Crippen LogP) is 3.27. The fraction of sp³-hybridized carbons (Fsp3) is 0.562. The molecule has 0 spiro atoms. The molecule has 2 heteroatoms. The van der Waals surface area contributed by atoms with Gasteiger partial charge in [-0.3, -0.25) is 4.79 Å². The van der Waals surface area contributed by atoms with Crippen LogP contribution < -0.4 is 5.32 Å². The van der Waals surface area contributed by atoms with Crippen LogP contribution in [0, 0.1) is 5.92 Å². The van der Waals surface area contributed by atoms with Crippen molar-refractivity contribution in [2.45, 2.75) is 52.0 Å². The van der Waals surface area contributed by atoms with E-state index in [1.807, 2.05) is 6.92 Å². The van der Waals surface area contributed by atoms with Gasteiger partial charge in [0.05, 0.1) is 5.92 Å². The van der Waals surface area contributed by atoms with Gasteiger partial charge in [-0.25, -0.2) is 0 Å². The molecular weight excluding hydrogens is 222 g/mol. The van der Waals surface area contributed by atoms with Crippen LogP contribution in [0.25, 0.3) is 0 Å². The molecule has 2 rings (SSSR count). The Morgan fingerprint density at radius 1 is 1.22 bits per heavy atom. The summed E-state index contributed by atoms with van der Waals surface area (Å²) in [5.41, 5.74) is 2.46. The molecule has 0 heterocycles. The summed E-state index contributed by atoms with van der Waals surface area (Å²) in [6.45, 7) is 6.43. The Bertz CT molecular complexity index is 404. The van der Waals surface area contributed by atoms with Crippen molar-refractivity contribution < 1.29 is 4.79 Å². The first-order chi connectivity index (χ1) is 8.56. The van der Waals surface area contributed by atoms with Crippen molar-refractivity contribution in [3.8, 4) is 0 Å². The van der Waals surface area contributed by atoms with Crippen molar-refractivity contribution in [1.82, 2.24) is 5.32 Å². The lowest BCUT2D eigenvalue weighted by Crippen LogP contribution is -2.29. The minimum absolute atomic E-state index is 0.0429. The molecule has 0 bridgehead atoms. The van der Waals surface area contributed by atoms with Gasteiger partial charge < -0.3 is 5.32 Å². The third kappa shape index (κ3) is 3.59. The second kappa shape index (κ2) is 5.55. The highest BCUT2D eigenvalue weighted by Crippen LogP contribution is 2.22. The van der Waals surface area contributed by atoms with Crippen LogP contribution in [0.1, 0.15) is 50.7 Å². The Kier molecular flexibility index (Phi) is 4.05. The number of hydrogen-bond acceptors (Lipinski definition) is 1. The molecule has 1 saturated carbocycles. The molecule has 18 heavy (non-hydrogen) atoms. The zero-order chi connectivity index (χ0) is 13.1. The summed E-state index contributed by atoms with van der Waals surface area (Å²) in [7, 11) is 0. The lowest BCUT2D eigenvalue weighted by molar-refractivity contribution is -0.122. The average Bonchev–Trinajstić information content (AvgIpc) is 3.12. The first-order valence-electron chi connectivity index (χ1n) is 6.95. The molecule has 0 aromatic heterocycles. The Balaban J connectivity index is 1.96. The molecule has 1 aromatic rings. The summed E-state index contributed by atoms with van der Waals surface area (Å²) >= 11 is 0. The molecule has 1 aromatic carbocycles. The Hall–Kier alpha value is -1.31. The average molecular weight is 245 g/mol. The van der Waals surface area contributed by atoms with Gasteiger partial charge in [0, 0.05) is 6.04 Å². The monoisotopic (exact) mass is 245 g/mol. The topological polar surface area (TPSA) is 29.1 Å². The molecule has 0 radical (unpaired) electrons. The van der Waals surface area contributed by atoms with Gasteiger partial charge in [0.25, 0.3) is 0 Å². The van der Waals surface area contributed by atoms with E-state index >= 15 is 0 Å². The molecule has 0 aliphatic heterocycles. The summed E-state index contributed by atoms with van der Waals surface area (Å²) in [5.74, 6) is 0.791. The lowest BCUT2D eigenvalue weighted by atomic mass is 9.96. The smallest absolute Gasteiger partial charge is 0.227 e. The number of carbonyl (C=O) groups excluding carboxylic acids is 1. The van der Waals surface area contributed by atoms with Crippen LogP contribution in [-0.4, -0.2) is 11.9 Å². The summed E-state index contributed by atoms with van der Waals surface area (Å²) in [5, 5.41) is 3.06. The second-order valence-electron chi connectivity index (χ2n) is 5.84. The van der Waals surface area contributed by atoms with Gasteiger partial charge >= 0.3 is 0 Å². The van der Waals surface area contributed by atoms with E-state index in [2.05, 4.69) is 43.4 Å². The first kappa shape index (κ1) is 13.1. The highest BCUT2D eigenvalue weighted by molar-refractivity contribution is 5.83. The van der Waals surface area contributed by atoms with Crippen molar-refractivity contribution in [2.24, 2.45) is 5.92 Å². The third-order valence-corrected chi connectivity index (χ3v) is 3.44. The number of hydrogen-bond donors (Lipinski definition) is 1. The van der Waals surface area contributed by atoms with Crippen molar-refractivity contribution in [2.75, 3.05) is 0 Å². The predicted molar refractivity (Wildman–Crippen MR) is 74.6 cm³/mol. The molecule has 1 amide bonds. The zero-order valence-electron chi connectivity index (χ0n) is 11.6. The third-order valence-electron chi connectivity index (χ3n) is 3.44. The Morgan fingerprint density at radius 2 is 1.83 bits per heavy atom. The maximum Gasteiger partial charge on any atom is 0.227 e. The Labute approximate surface area is 110 Å². The van der Waals surface area contributed by atoms with Gasteiger partial charge in [-0.15, -0.1) is 0 Å². The standard InChI is InChI=1S/C16H23NO/c1-11(2)10-13-4-6-14(7-5-13)12(3)16(18)17-15-8-9-15/h4-7,11-12,15H,8-10H2,1-3H3,(H,17,18). The van der Waals surface area contributed by atoms with E-state index in [0.717, 1.165) is 24.8 Å². The van der Waals surface area contributed by atoms with E-state index in [-0.39, 0.29) is 11.8 Å². The van der Waals surface area contributed by atoms with E-state index in [4.69, 9.17) is 0 Å². The molecular formula is C16H23NO. The number of rotatable bonds is 5. The van der Waals surface area contributed by atoms with Crippen molar-refractivity contribution >= 4 is 5.91 Å². The molecule has 1 aliphatic carbocycles. The van der Waals surface area contributed by atoms with Crippen LogP contribution in [0.5, 0.6) is 0 Å². The second-order valence-corrected chi connectivity index (χ2v) is 5.84. The summed E-state index contributed by atoms with van der Waals surface area (Å²) in [4.78, 5) is 11.9. The van der Waals surface area contributed by atoms with Gasteiger partial charge in [-0.2, -0.15) is 0 Å². The van der Waals surface area contributed by atoms with Crippen molar-refractivity contribution in [3.05, 3.63) is 35.4 Å². The number of carbonyl (C=O) groups is 1. The normalized spacial score (nSPS) is 16.7. The Morgan fingerprint density at radius 3 is 2.33 bits per heavy atom. The van der Waals surface area contributed by atoms with E-state index < -0.39 is 0 Å². The van der Waals surface area contributed by atoms with Crippen LogP contribution in [-0.2, 0) is 11.2 Å². The maximum absolute atomic E-state index is 11.9. The van der Waals surface area contributed by atoms with Crippen molar-refractivity contribution in [1.29, 1.82) is 0 Å². The highest BCUT2D eigenvalue weighted by atomic mass is 16.1. The van der Waals surface area contributed by atoms with Gasteiger partial charge in [-0.1, -0.05) is 38.1 Å². The molecule has 1 unspecified atom stereocenters. The van der Waals surface area contributed by atoms with Crippen LogP contribution in [0.4, 0.5) is 0 Å². The summed E-state index contributed by atoms with van der Waals surface area (Å²) in [6, 6.07) is 8.93. The van der Waals surface area contributed by atoms with Crippen LogP contribution in [0.3, 0.4) is 0 Å². The van der Waals surface area contributed by atoms with Crippen LogP contribution in [0.2, 0.25) is 0 Å². The highest BCUT2D eigenvalue weighted by Gasteiger charge is 2.26. The molecule has 1 N–H and O–H groups in total. The van der Waals surface area contributed by atoms with E-state index in [9.17, 15) is 4.79 Å². The van der Waals surface area contributed by atoms with E-state index in [0.29, 0.717) is 12.0 Å². The molecule has 2 nitrogen and oxygen atoms in total. The molecule has 1 atom stereocenters. The minimum atomic E-state index is -0.0429. The minimum Gasteiger partial charge on any atom is -0.353 e. The van der Waals surface area contributed by atoms with Gasteiger partial charge in [0.1, 0.15) is 0 Å². The zero-order valence-corrected chi connectivity index (χ0v) is 11.6. The number of amides is 1. The molecule has 98 valence electrons. The maximum atomic E-state index is 11.9. The summed E-state index contributed by atoms with van der Waals surface area (Å²) in [6.07, 6.45) is 3.39. The van der Waals surface area contributed by atoms with E-state index in [1.54, 1.807) is 0 Å². The van der Waals surface area contributed by atoms with Gasteiger partial charge in [0.15, 0.2) is 0 Å². The van der Waals surface area contributed by atoms with E-state index in [1.165, 1.54) is 5.56 Å². The van der Waals surface area contributed by atoms with Crippen molar-refractivity contribution in [3.63, 3.8) is 0 Å². The van der Waals surface area contributed by atoms with Crippen LogP contribution >= 0.6 is 0 Å². The van der Waals surface area contributed by atoms with Crippen LogP contribution in [0.15, 0.2) is 24.3 Å². The fourth-order valence-electron chi connectivity index (χ4n) is 2.12. The molecule has 1 fully saturated rings. The first-order valence-corrected chi connectivity index (χ1v) is 6.95. The van der Waals surface area contributed by atoms with Gasteiger partial charge in [-0.05, 0) is 43.2 Å².